The van der Waals surface area contributed by atoms with Crippen molar-refractivity contribution < 1.29 is 9.72 Å². The third-order valence-electron chi connectivity index (χ3n) is 3.50. The number of rotatable bonds is 5. The number of hydrogen-bond acceptors (Lipinski definition) is 4. The van der Waals surface area contributed by atoms with Crippen molar-refractivity contribution >= 4 is 28.7 Å². The van der Waals surface area contributed by atoms with Crippen LogP contribution in [-0.2, 0) is 11.3 Å². The maximum atomic E-state index is 12.0. The van der Waals surface area contributed by atoms with Crippen LogP contribution < -0.4 is 5.43 Å². The van der Waals surface area contributed by atoms with Crippen molar-refractivity contribution in [3.05, 3.63) is 76.5 Å². The van der Waals surface area contributed by atoms with Gasteiger partial charge in [0.1, 0.15) is 6.54 Å². The lowest BCUT2D eigenvalue weighted by Gasteiger charge is -2.03. The van der Waals surface area contributed by atoms with E-state index in [2.05, 4.69) is 10.5 Å². The van der Waals surface area contributed by atoms with Gasteiger partial charge in [-0.3, -0.25) is 14.9 Å². The van der Waals surface area contributed by atoms with Crippen molar-refractivity contribution in [3.8, 4) is 0 Å². The molecule has 120 valence electrons. The second-order valence-electron chi connectivity index (χ2n) is 5.14. The van der Waals surface area contributed by atoms with E-state index in [0.717, 1.165) is 10.9 Å². The molecule has 1 heterocycles. The van der Waals surface area contributed by atoms with E-state index in [1.165, 1.54) is 18.3 Å². The Labute approximate surface area is 137 Å². The second-order valence-corrected chi connectivity index (χ2v) is 5.14. The molecule has 0 radical (unpaired) electrons. The van der Waals surface area contributed by atoms with Crippen molar-refractivity contribution in [2.45, 2.75) is 6.54 Å². The Kier molecular flexibility index (Phi) is 4.33. The summed E-state index contributed by atoms with van der Waals surface area (Å²) in [6, 6.07) is 15.6. The number of nitro benzene ring substituents is 1. The molecule has 0 atom stereocenters. The van der Waals surface area contributed by atoms with Crippen LogP contribution >= 0.6 is 0 Å². The zero-order chi connectivity index (χ0) is 16.9. The number of carbonyl (C=O) groups is 1. The molecular weight excluding hydrogens is 308 g/mol. The largest absolute Gasteiger partial charge is 0.338 e. The number of fused-ring (bicyclic) bond motifs is 1. The van der Waals surface area contributed by atoms with E-state index in [4.69, 9.17) is 0 Å². The molecule has 0 aliphatic heterocycles. The van der Waals surface area contributed by atoms with Crippen LogP contribution in [0.4, 0.5) is 5.69 Å². The predicted octanol–water partition coefficient (Wildman–Crippen LogP) is 2.70. The number of carbonyl (C=O) groups excluding carboxylic acids is 1. The Morgan fingerprint density at radius 3 is 2.67 bits per heavy atom. The first-order valence-corrected chi connectivity index (χ1v) is 7.24. The van der Waals surface area contributed by atoms with Crippen LogP contribution in [0.3, 0.4) is 0 Å². The number of non-ortho nitro benzene ring substituents is 1. The van der Waals surface area contributed by atoms with E-state index in [1.807, 2.05) is 41.1 Å². The van der Waals surface area contributed by atoms with Gasteiger partial charge in [0, 0.05) is 23.8 Å². The quantitative estimate of drug-likeness (QED) is 0.445. The van der Waals surface area contributed by atoms with Crippen molar-refractivity contribution in [2.75, 3.05) is 0 Å². The highest BCUT2D eigenvalue weighted by atomic mass is 16.6. The molecule has 1 N–H and O–H groups in total. The van der Waals surface area contributed by atoms with Gasteiger partial charge in [0.15, 0.2) is 0 Å². The van der Waals surface area contributed by atoms with Crippen LogP contribution in [0.5, 0.6) is 0 Å². The molecule has 7 heteroatoms. The third-order valence-corrected chi connectivity index (χ3v) is 3.50. The number of para-hydroxylation sites is 1. The Morgan fingerprint density at radius 2 is 1.92 bits per heavy atom. The molecule has 0 fully saturated rings. The van der Waals surface area contributed by atoms with Crippen molar-refractivity contribution in [1.29, 1.82) is 0 Å². The third kappa shape index (κ3) is 3.46. The summed E-state index contributed by atoms with van der Waals surface area (Å²) in [5.41, 5.74) is 4.10. The molecule has 1 amide bonds. The average molecular weight is 322 g/mol. The van der Waals surface area contributed by atoms with Gasteiger partial charge in [0.05, 0.1) is 11.1 Å². The van der Waals surface area contributed by atoms with Gasteiger partial charge >= 0.3 is 0 Å². The molecule has 2 aromatic carbocycles. The average Bonchev–Trinajstić information content (AvgIpc) is 2.98. The lowest BCUT2D eigenvalue weighted by Crippen LogP contribution is -2.22. The molecule has 0 aliphatic carbocycles. The molecule has 3 rings (SSSR count). The minimum absolute atomic E-state index is 0.00988. The number of hydrogen-bond donors (Lipinski definition) is 1. The van der Waals surface area contributed by atoms with Gasteiger partial charge in [-0.1, -0.05) is 18.2 Å². The second kappa shape index (κ2) is 6.74. The highest BCUT2D eigenvalue weighted by Crippen LogP contribution is 2.14. The molecule has 24 heavy (non-hydrogen) atoms. The molecule has 3 aromatic rings. The van der Waals surface area contributed by atoms with Gasteiger partial charge in [-0.05, 0) is 35.2 Å². The Morgan fingerprint density at radius 1 is 1.17 bits per heavy atom. The molecule has 0 aliphatic rings. The summed E-state index contributed by atoms with van der Waals surface area (Å²) < 4.78 is 1.84. The molecule has 0 saturated heterocycles. The normalized spacial score (nSPS) is 11.0. The van der Waals surface area contributed by atoms with Crippen molar-refractivity contribution in [3.63, 3.8) is 0 Å². The summed E-state index contributed by atoms with van der Waals surface area (Å²) in [6.07, 6.45) is 3.29. The number of nitrogens with zero attached hydrogens (tertiary/aromatic N) is 3. The van der Waals surface area contributed by atoms with Crippen LogP contribution in [0.1, 0.15) is 5.56 Å². The lowest BCUT2D eigenvalue weighted by atomic mass is 10.2. The molecule has 1 aromatic heterocycles. The Balaban J connectivity index is 1.60. The van der Waals surface area contributed by atoms with Gasteiger partial charge in [0.2, 0.25) is 0 Å². The number of aromatic nitrogens is 1. The van der Waals surface area contributed by atoms with Gasteiger partial charge in [-0.15, -0.1) is 0 Å². The van der Waals surface area contributed by atoms with E-state index < -0.39 is 4.92 Å². The standard InChI is InChI=1S/C17H14N4O3/c22-17(12-20-10-9-14-3-1-2-4-16(14)20)19-18-11-13-5-7-15(8-6-13)21(23)24/h1-11H,12H2,(H,19,22). The van der Waals surface area contributed by atoms with Crippen molar-refractivity contribution in [2.24, 2.45) is 5.10 Å². The van der Waals surface area contributed by atoms with Crippen molar-refractivity contribution in [1.82, 2.24) is 9.99 Å². The maximum Gasteiger partial charge on any atom is 0.269 e. The van der Waals surface area contributed by atoms with Gasteiger partial charge in [-0.2, -0.15) is 5.10 Å². The predicted molar refractivity (Wildman–Crippen MR) is 90.8 cm³/mol. The first kappa shape index (κ1) is 15.4. The fourth-order valence-electron chi connectivity index (χ4n) is 2.33. The zero-order valence-electron chi connectivity index (χ0n) is 12.6. The first-order valence-electron chi connectivity index (χ1n) is 7.24. The minimum Gasteiger partial charge on any atom is -0.338 e. The summed E-state index contributed by atoms with van der Waals surface area (Å²) in [5, 5.41) is 15.5. The van der Waals surface area contributed by atoms with Crippen LogP contribution in [0.15, 0.2) is 65.9 Å². The molecule has 0 bridgehead atoms. The molecular formula is C17H14N4O3. The number of nitrogens with one attached hydrogen (secondary N) is 1. The topological polar surface area (TPSA) is 89.5 Å². The molecule has 0 unspecified atom stereocenters. The first-order chi connectivity index (χ1) is 11.6. The number of nitro groups is 1. The number of amides is 1. The van der Waals surface area contributed by atoms with Crippen LogP contribution in [0.25, 0.3) is 10.9 Å². The smallest absolute Gasteiger partial charge is 0.269 e. The highest BCUT2D eigenvalue weighted by Gasteiger charge is 2.05. The highest BCUT2D eigenvalue weighted by molar-refractivity contribution is 5.85. The van der Waals surface area contributed by atoms with Gasteiger partial charge in [-0.25, -0.2) is 5.43 Å². The zero-order valence-corrected chi connectivity index (χ0v) is 12.6. The van der Waals surface area contributed by atoms with E-state index >= 15 is 0 Å². The molecule has 0 saturated carbocycles. The van der Waals surface area contributed by atoms with Gasteiger partial charge in [0.25, 0.3) is 11.6 Å². The van der Waals surface area contributed by atoms with E-state index in [1.54, 1.807) is 12.1 Å². The van der Waals surface area contributed by atoms with Crippen LogP contribution in [0, 0.1) is 10.1 Å². The minimum atomic E-state index is -0.468. The molecule has 0 spiro atoms. The Hall–Kier alpha value is -3.48. The monoisotopic (exact) mass is 322 g/mol. The summed E-state index contributed by atoms with van der Waals surface area (Å²) >= 11 is 0. The fraction of sp³-hybridized carbons (Fsp3) is 0.0588. The summed E-state index contributed by atoms with van der Waals surface area (Å²) in [5.74, 6) is -0.255. The SMILES string of the molecule is O=C(Cn1ccc2ccccc21)NN=Cc1ccc([N+](=O)[O-])cc1. The number of hydrazone groups is 1. The summed E-state index contributed by atoms with van der Waals surface area (Å²) in [4.78, 5) is 22.1. The van der Waals surface area contributed by atoms with Gasteiger partial charge < -0.3 is 4.57 Å². The summed E-state index contributed by atoms with van der Waals surface area (Å²) in [7, 11) is 0. The van der Waals surface area contributed by atoms with E-state index in [0.29, 0.717) is 5.56 Å². The van der Waals surface area contributed by atoms with E-state index in [-0.39, 0.29) is 18.1 Å². The maximum absolute atomic E-state index is 12.0. The lowest BCUT2D eigenvalue weighted by molar-refractivity contribution is -0.384. The molecule has 7 nitrogen and oxygen atoms in total. The Bertz CT molecular complexity index is 913. The van der Waals surface area contributed by atoms with Crippen LogP contribution in [0.2, 0.25) is 0 Å². The fourth-order valence-corrected chi connectivity index (χ4v) is 2.33. The van der Waals surface area contributed by atoms with Crippen LogP contribution in [-0.4, -0.2) is 21.6 Å². The number of benzene rings is 2. The van der Waals surface area contributed by atoms with E-state index in [9.17, 15) is 14.9 Å². The summed E-state index contributed by atoms with van der Waals surface area (Å²) in [6.45, 7) is 0.158.